The molecule has 0 unspecified atom stereocenters. The average molecular weight is 303 g/mol. The molecular weight excluding hydrogens is 286 g/mol. The summed E-state index contributed by atoms with van der Waals surface area (Å²) in [5.41, 5.74) is 0.0989. The molecule has 0 atom stereocenters. The normalized spacial score (nSPS) is 11.2. The topological polar surface area (TPSA) is 85.7 Å². The molecule has 1 heterocycles. The van der Waals surface area contributed by atoms with Crippen molar-refractivity contribution >= 4 is 22.8 Å². The van der Waals surface area contributed by atoms with Crippen molar-refractivity contribution in [1.29, 1.82) is 0 Å². The van der Waals surface area contributed by atoms with Gasteiger partial charge >= 0.3 is 11.9 Å². The second kappa shape index (κ2) is 6.01. The Morgan fingerprint density at radius 2 is 1.95 bits per heavy atom. The molecule has 0 spiro atoms. The lowest BCUT2D eigenvalue weighted by atomic mass is 10.1. The van der Waals surface area contributed by atoms with E-state index in [1.165, 1.54) is 12.3 Å². The zero-order valence-corrected chi connectivity index (χ0v) is 12.6. The summed E-state index contributed by atoms with van der Waals surface area (Å²) in [5, 5.41) is 9.63. The first-order valence-corrected chi connectivity index (χ1v) is 6.73. The lowest BCUT2D eigenvalue weighted by Crippen LogP contribution is -2.27. The number of carbonyl (C=O) groups is 2. The van der Waals surface area contributed by atoms with Crippen LogP contribution in [0.4, 0.5) is 0 Å². The van der Waals surface area contributed by atoms with E-state index < -0.39 is 17.5 Å². The average Bonchev–Trinajstić information content (AvgIpc) is 2.42. The molecule has 116 valence electrons. The van der Waals surface area contributed by atoms with Crippen LogP contribution >= 0.6 is 0 Å². The number of aromatic carboxylic acids is 1. The zero-order chi connectivity index (χ0) is 16.3. The maximum Gasteiger partial charge on any atom is 0.344 e. The maximum atomic E-state index is 11.6. The van der Waals surface area contributed by atoms with Gasteiger partial charge in [-0.3, -0.25) is 4.98 Å². The highest BCUT2D eigenvalue weighted by Gasteiger charge is 2.17. The van der Waals surface area contributed by atoms with E-state index in [1.54, 1.807) is 39.0 Å². The van der Waals surface area contributed by atoms with Crippen LogP contribution in [-0.2, 0) is 9.53 Å². The van der Waals surface area contributed by atoms with Crippen LogP contribution in [0.3, 0.4) is 0 Å². The number of pyridine rings is 1. The van der Waals surface area contributed by atoms with Crippen LogP contribution in [-0.4, -0.2) is 34.2 Å². The van der Waals surface area contributed by atoms with E-state index >= 15 is 0 Å². The molecule has 6 heteroatoms. The first-order valence-electron chi connectivity index (χ1n) is 6.73. The number of nitrogens with zero attached hydrogens (tertiary/aromatic N) is 1. The predicted octanol–water partition coefficient (Wildman–Crippen LogP) is 2.65. The molecule has 0 aliphatic heterocycles. The first-order chi connectivity index (χ1) is 10.3. The third-order valence-electron chi connectivity index (χ3n) is 2.72. The minimum absolute atomic E-state index is 0.132. The van der Waals surface area contributed by atoms with Gasteiger partial charge in [-0.2, -0.15) is 0 Å². The summed E-state index contributed by atoms with van der Waals surface area (Å²) in [5.74, 6) is -1.15. The summed E-state index contributed by atoms with van der Waals surface area (Å²) >= 11 is 0. The zero-order valence-electron chi connectivity index (χ0n) is 12.6. The van der Waals surface area contributed by atoms with Gasteiger partial charge in [-0.15, -0.1) is 0 Å². The monoisotopic (exact) mass is 303 g/mol. The standard InChI is InChI=1S/C16H17NO5/c1-16(2,3)22-14(18)9-21-10-4-5-13-12(8-10)11(15(19)20)6-7-17-13/h4-8H,9H2,1-3H3,(H,19,20). The molecule has 1 N–H and O–H groups in total. The van der Waals surface area contributed by atoms with Crippen molar-refractivity contribution in [2.75, 3.05) is 6.61 Å². The fraction of sp³-hybridized carbons (Fsp3) is 0.312. The van der Waals surface area contributed by atoms with E-state index in [2.05, 4.69) is 4.98 Å². The summed E-state index contributed by atoms with van der Waals surface area (Å²) in [7, 11) is 0. The van der Waals surface area contributed by atoms with Gasteiger partial charge in [-0.25, -0.2) is 9.59 Å². The van der Waals surface area contributed by atoms with Crippen molar-refractivity contribution in [2.45, 2.75) is 26.4 Å². The highest BCUT2D eigenvalue weighted by atomic mass is 16.6. The molecular formula is C16H17NO5. The highest BCUT2D eigenvalue weighted by molar-refractivity contribution is 6.02. The summed E-state index contributed by atoms with van der Waals surface area (Å²) in [4.78, 5) is 26.9. The summed E-state index contributed by atoms with van der Waals surface area (Å²) in [6.45, 7) is 5.06. The Balaban J connectivity index is 2.18. The van der Waals surface area contributed by atoms with E-state index in [4.69, 9.17) is 9.47 Å². The number of benzene rings is 1. The Labute approximate surface area is 127 Å². The molecule has 0 aliphatic carbocycles. The number of rotatable bonds is 4. The molecule has 0 radical (unpaired) electrons. The van der Waals surface area contributed by atoms with E-state index in [0.717, 1.165) is 0 Å². The van der Waals surface area contributed by atoms with E-state index in [9.17, 15) is 14.7 Å². The van der Waals surface area contributed by atoms with E-state index in [-0.39, 0.29) is 12.2 Å². The van der Waals surface area contributed by atoms with E-state index in [1.807, 2.05) is 0 Å². The van der Waals surface area contributed by atoms with Crippen molar-refractivity contribution in [3.8, 4) is 5.75 Å². The molecule has 0 amide bonds. The summed E-state index contributed by atoms with van der Waals surface area (Å²) in [6, 6.07) is 6.25. The van der Waals surface area contributed by atoms with E-state index in [0.29, 0.717) is 16.7 Å². The Kier molecular flexibility index (Phi) is 4.30. The van der Waals surface area contributed by atoms with Crippen LogP contribution in [0.1, 0.15) is 31.1 Å². The van der Waals surface area contributed by atoms with Gasteiger partial charge in [-0.1, -0.05) is 0 Å². The van der Waals surface area contributed by atoms with Gasteiger partial charge in [0.1, 0.15) is 11.4 Å². The predicted molar refractivity (Wildman–Crippen MR) is 80.0 cm³/mol. The minimum Gasteiger partial charge on any atom is -0.482 e. The molecule has 0 bridgehead atoms. The molecule has 2 aromatic rings. The Morgan fingerprint density at radius 1 is 1.23 bits per heavy atom. The smallest absolute Gasteiger partial charge is 0.344 e. The molecule has 2 rings (SSSR count). The van der Waals surface area contributed by atoms with Gasteiger partial charge in [0.25, 0.3) is 0 Å². The number of carbonyl (C=O) groups excluding carboxylic acids is 1. The van der Waals surface area contributed by atoms with Crippen molar-refractivity contribution in [3.63, 3.8) is 0 Å². The SMILES string of the molecule is CC(C)(C)OC(=O)COc1ccc2nccc(C(=O)O)c2c1. The Bertz CT molecular complexity index is 718. The number of hydrogen-bond acceptors (Lipinski definition) is 5. The molecule has 6 nitrogen and oxygen atoms in total. The third kappa shape index (κ3) is 3.94. The number of carboxylic acid groups (broad SMARTS) is 1. The number of fused-ring (bicyclic) bond motifs is 1. The van der Waals surface area contributed by atoms with Gasteiger partial charge in [0, 0.05) is 11.6 Å². The second-order valence-electron chi connectivity index (χ2n) is 5.72. The van der Waals surface area contributed by atoms with Crippen LogP contribution in [0.5, 0.6) is 5.75 Å². The highest BCUT2D eigenvalue weighted by Crippen LogP contribution is 2.23. The number of aromatic nitrogens is 1. The van der Waals surface area contributed by atoms with Gasteiger partial charge in [0.05, 0.1) is 11.1 Å². The van der Waals surface area contributed by atoms with Crippen molar-refractivity contribution < 1.29 is 24.2 Å². The summed E-state index contributed by atoms with van der Waals surface area (Å²) < 4.78 is 10.5. The lowest BCUT2D eigenvalue weighted by Gasteiger charge is -2.19. The van der Waals surface area contributed by atoms with Crippen LogP contribution in [0.25, 0.3) is 10.9 Å². The van der Waals surface area contributed by atoms with Crippen molar-refractivity contribution in [1.82, 2.24) is 4.98 Å². The largest absolute Gasteiger partial charge is 0.482 e. The summed E-state index contributed by atoms with van der Waals surface area (Å²) in [6.07, 6.45) is 1.44. The Morgan fingerprint density at radius 3 is 2.59 bits per heavy atom. The van der Waals surface area contributed by atoms with Crippen molar-refractivity contribution in [2.24, 2.45) is 0 Å². The van der Waals surface area contributed by atoms with Crippen molar-refractivity contribution in [3.05, 3.63) is 36.0 Å². The maximum absolute atomic E-state index is 11.6. The fourth-order valence-electron chi connectivity index (χ4n) is 1.91. The minimum atomic E-state index is -1.04. The number of ether oxygens (including phenoxy) is 2. The molecule has 0 fully saturated rings. The van der Waals surface area contributed by atoms with Gasteiger partial charge < -0.3 is 14.6 Å². The number of esters is 1. The molecule has 0 saturated heterocycles. The molecule has 1 aromatic heterocycles. The van der Waals surface area contributed by atoms with Gasteiger partial charge in [0.2, 0.25) is 0 Å². The quantitative estimate of drug-likeness (QED) is 0.874. The van der Waals surface area contributed by atoms with Gasteiger partial charge in [0.15, 0.2) is 6.61 Å². The first kappa shape index (κ1) is 15.8. The lowest BCUT2D eigenvalue weighted by molar-refractivity contribution is -0.157. The fourth-order valence-corrected chi connectivity index (χ4v) is 1.91. The molecule has 22 heavy (non-hydrogen) atoms. The molecule has 0 saturated carbocycles. The molecule has 0 aliphatic rings. The van der Waals surface area contributed by atoms with Gasteiger partial charge in [-0.05, 0) is 45.0 Å². The van der Waals surface area contributed by atoms with Crippen LogP contribution in [0.2, 0.25) is 0 Å². The Hall–Kier alpha value is -2.63. The molecule has 1 aromatic carbocycles. The van der Waals surface area contributed by atoms with Crippen LogP contribution < -0.4 is 4.74 Å². The third-order valence-corrected chi connectivity index (χ3v) is 2.72. The van der Waals surface area contributed by atoms with Crippen LogP contribution in [0, 0.1) is 0 Å². The second-order valence-corrected chi connectivity index (χ2v) is 5.72. The number of hydrogen-bond donors (Lipinski definition) is 1. The number of carboxylic acids is 1. The van der Waals surface area contributed by atoms with Crippen LogP contribution in [0.15, 0.2) is 30.5 Å².